The molecule has 1 aliphatic heterocycles. The number of para-hydroxylation sites is 2. The first-order valence-electron chi connectivity index (χ1n) is 14.0. The molecule has 0 saturated heterocycles. The Kier molecular flexibility index (Phi) is 7.54. The van der Waals surface area contributed by atoms with Crippen LogP contribution in [0.3, 0.4) is 0 Å². The molecule has 0 amide bonds. The standard InChI is InChI=1S/C35H34ClN2S/c1-3-37-22-20-25(27-12-5-7-15-31(27)37)18-19-26-11-9-14-30(35(26)36)34(33-17-10-24-39-33)29-21-23-38(4-2)32-16-8-6-13-28(29)32/h5-8,10,12-13,15-24,34H,3-4,9,11,14H2,1-2H3/q+1/b25-18?,26-19+. The van der Waals surface area contributed by atoms with Crippen LogP contribution in [-0.4, -0.2) is 6.54 Å². The second kappa shape index (κ2) is 11.4. The van der Waals surface area contributed by atoms with Crippen molar-refractivity contribution in [1.29, 1.82) is 0 Å². The van der Waals surface area contributed by atoms with Crippen molar-refractivity contribution in [2.45, 2.75) is 45.6 Å². The van der Waals surface area contributed by atoms with E-state index >= 15 is 0 Å². The second-order valence-electron chi connectivity index (χ2n) is 10.1. The third-order valence-corrected chi connectivity index (χ3v) is 9.43. The molecule has 6 rings (SSSR count). The van der Waals surface area contributed by atoms with Crippen molar-refractivity contribution >= 4 is 45.1 Å². The van der Waals surface area contributed by atoms with Gasteiger partial charge in [0.2, 0.25) is 5.52 Å². The molecule has 1 atom stereocenters. The maximum atomic E-state index is 7.34. The summed E-state index contributed by atoms with van der Waals surface area (Å²) in [5.41, 5.74) is 8.95. The lowest BCUT2D eigenvalue weighted by molar-refractivity contribution is -0.667. The zero-order chi connectivity index (χ0) is 26.8. The normalized spacial score (nSPS) is 18.3. The molecule has 0 saturated carbocycles. The van der Waals surface area contributed by atoms with Gasteiger partial charge in [-0.1, -0.05) is 60.2 Å². The molecular formula is C35H34ClN2S+. The molecule has 0 fully saturated rings. The fraction of sp³-hybridized carbons (Fsp3) is 0.229. The van der Waals surface area contributed by atoms with E-state index in [9.17, 15) is 0 Å². The van der Waals surface area contributed by atoms with E-state index in [4.69, 9.17) is 11.6 Å². The topological polar surface area (TPSA) is 7.12 Å². The summed E-state index contributed by atoms with van der Waals surface area (Å²) in [7, 11) is 0. The van der Waals surface area contributed by atoms with Gasteiger partial charge in [-0.2, -0.15) is 4.57 Å². The maximum Gasteiger partial charge on any atom is 0.212 e. The van der Waals surface area contributed by atoms with Crippen LogP contribution in [0, 0.1) is 0 Å². The molecule has 1 aliphatic carbocycles. The van der Waals surface area contributed by atoms with Crippen LogP contribution in [0.4, 0.5) is 5.69 Å². The van der Waals surface area contributed by atoms with Gasteiger partial charge in [-0.15, -0.1) is 11.3 Å². The minimum absolute atomic E-state index is 0.152. The third kappa shape index (κ3) is 4.90. The van der Waals surface area contributed by atoms with Crippen molar-refractivity contribution in [3.05, 3.63) is 135 Å². The van der Waals surface area contributed by atoms with Crippen molar-refractivity contribution in [2.24, 2.45) is 0 Å². The molecule has 4 aromatic rings. The average molecular weight is 550 g/mol. The number of aryl methyl sites for hydroxylation is 1. The number of fused-ring (bicyclic) bond motifs is 2. The Hall–Kier alpha value is -3.40. The summed E-state index contributed by atoms with van der Waals surface area (Å²) < 4.78 is 2.33. The number of thiophene rings is 1. The van der Waals surface area contributed by atoms with Crippen LogP contribution in [0.25, 0.3) is 16.5 Å². The largest absolute Gasteiger partial charge is 0.348 e. The molecule has 39 heavy (non-hydrogen) atoms. The Morgan fingerprint density at radius 1 is 0.974 bits per heavy atom. The van der Waals surface area contributed by atoms with Crippen molar-refractivity contribution in [3.63, 3.8) is 0 Å². The van der Waals surface area contributed by atoms with Crippen molar-refractivity contribution in [3.8, 4) is 0 Å². The van der Waals surface area contributed by atoms with E-state index in [1.807, 2.05) is 11.3 Å². The Labute approximate surface area is 240 Å². The summed E-state index contributed by atoms with van der Waals surface area (Å²) >= 11 is 9.17. The number of allylic oxidation sites excluding steroid dienone is 7. The highest BCUT2D eigenvalue weighted by Gasteiger charge is 2.29. The summed E-state index contributed by atoms with van der Waals surface area (Å²) in [6.45, 7) is 6.29. The van der Waals surface area contributed by atoms with E-state index in [0.29, 0.717) is 0 Å². The molecule has 0 bridgehead atoms. The monoisotopic (exact) mass is 549 g/mol. The smallest absolute Gasteiger partial charge is 0.212 e. The maximum absolute atomic E-state index is 7.34. The van der Waals surface area contributed by atoms with Gasteiger partial charge in [0.05, 0.1) is 5.39 Å². The Morgan fingerprint density at radius 2 is 1.82 bits per heavy atom. The van der Waals surface area contributed by atoms with Gasteiger partial charge in [-0.25, -0.2) is 0 Å². The van der Waals surface area contributed by atoms with E-state index in [-0.39, 0.29) is 5.92 Å². The number of aromatic nitrogens is 1. The highest BCUT2D eigenvalue weighted by Crippen LogP contribution is 2.46. The molecule has 2 aromatic heterocycles. The first-order chi connectivity index (χ1) is 19.2. The summed E-state index contributed by atoms with van der Waals surface area (Å²) in [5, 5.41) is 4.43. The number of halogens is 1. The Bertz CT molecular complexity index is 1620. The van der Waals surface area contributed by atoms with Gasteiger partial charge in [0.1, 0.15) is 6.54 Å². The Morgan fingerprint density at radius 3 is 2.64 bits per heavy atom. The van der Waals surface area contributed by atoms with E-state index in [1.165, 1.54) is 49.3 Å². The van der Waals surface area contributed by atoms with Gasteiger partial charge < -0.3 is 4.90 Å². The van der Waals surface area contributed by atoms with Gasteiger partial charge >= 0.3 is 0 Å². The van der Waals surface area contributed by atoms with Gasteiger partial charge in [-0.3, -0.25) is 0 Å². The van der Waals surface area contributed by atoms with Crippen molar-refractivity contribution in [2.75, 3.05) is 11.4 Å². The Balaban J connectivity index is 1.45. The van der Waals surface area contributed by atoms with Crippen LogP contribution in [0.5, 0.6) is 0 Å². The average Bonchev–Trinajstić information content (AvgIpc) is 3.52. The molecule has 0 radical (unpaired) electrons. The zero-order valence-electron chi connectivity index (χ0n) is 22.6. The van der Waals surface area contributed by atoms with Crippen molar-refractivity contribution < 1.29 is 4.57 Å². The van der Waals surface area contributed by atoms with Crippen LogP contribution in [-0.2, 0) is 6.54 Å². The number of rotatable bonds is 6. The molecule has 196 valence electrons. The van der Waals surface area contributed by atoms with E-state index in [0.717, 1.165) is 37.4 Å². The number of nitrogens with zero attached hydrogens (tertiary/aromatic N) is 2. The molecule has 2 aromatic carbocycles. The number of anilines is 1. The summed E-state index contributed by atoms with van der Waals surface area (Å²) in [6, 6.07) is 24.2. The van der Waals surface area contributed by atoms with Crippen LogP contribution in [0.1, 0.15) is 55.0 Å². The second-order valence-corrected chi connectivity index (χ2v) is 11.5. The SMILES string of the molecule is CCN1C=CC(=C/C=C2\CCCC(C(c3cccs3)c3cc[n+](CC)c4ccccc34)=C2Cl)c2ccccc21. The molecule has 1 unspecified atom stereocenters. The molecular weight excluding hydrogens is 516 g/mol. The predicted molar refractivity (Wildman–Crippen MR) is 167 cm³/mol. The third-order valence-electron chi connectivity index (χ3n) is 8.01. The first-order valence-corrected chi connectivity index (χ1v) is 15.2. The molecule has 2 aliphatic rings. The van der Waals surface area contributed by atoms with Gasteiger partial charge in [0, 0.05) is 52.0 Å². The van der Waals surface area contributed by atoms with E-state index < -0.39 is 0 Å². The summed E-state index contributed by atoms with van der Waals surface area (Å²) in [5.74, 6) is 0.152. The first kappa shape index (κ1) is 25.9. The van der Waals surface area contributed by atoms with Crippen LogP contribution < -0.4 is 9.47 Å². The van der Waals surface area contributed by atoms with Crippen LogP contribution in [0.2, 0.25) is 0 Å². The number of benzene rings is 2. The van der Waals surface area contributed by atoms with Gasteiger partial charge in [0.15, 0.2) is 6.20 Å². The van der Waals surface area contributed by atoms with E-state index in [2.05, 4.69) is 126 Å². The minimum atomic E-state index is 0.152. The predicted octanol–water partition coefficient (Wildman–Crippen LogP) is 9.38. The lowest BCUT2D eigenvalue weighted by Gasteiger charge is -2.27. The number of hydrogen-bond donors (Lipinski definition) is 0. The molecule has 3 heterocycles. The highest BCUT2D eigenvalue weighted by molar-refractivity contribution is 7.10. The van der Waals surface area contributed by atoms with Gasteiger partial charge in [0.25, 0.3) is 0 Å². The zero-order valence-corrected chi connectivity index (χ0v) is 24.2. The number of pyridine rings is 1. The molecule has 2 nitrogen and oxygen atoms in total. The highest BCUT2D eigenvalue weighted by atomic mass is 35.5. The minimum Gasteiger partial charge on any atom is -0.348 e. The van der Waals surface area contributed by atoms with E-state index in [1.54, 1.807) is 0 Å². The van der Waals surface area contributed by atoms with Crippen molar-refractivity contribution in [1.82, 2.24) is 0 Å². The summed E-state index contributed by atoms with van der Waals surface area (Å²) in [4.78, 5) is 3.65. The lowest BCUT2D eigenvalue weighted by atomic mass is 9.81. The molecule has 0 N–H and O–H groups in total. The van der Waals surface area contributed by atoms with Crippen LogP contribution in [0.15, 0.2) is 119 Å². The van der Waals surface area contributed by atoms with Gasteiger partial charge in [-0.05, 0) is 85.0 Å². The summed E-state index contributed by atoms with van der Waals surface area (Å²) in [6.07, 6.45) is 14.3. The van der Waals surface area contributed by atoms with Crippen LogP contribution >= 0.6 is 22.9 Å². The fourth-order valence-electron chi connectivity index (χ4n) is 6.05. The fourth-order valence-corrected chi connectivity index (χ4v) is 7.28. The molecule has 4 heteroatoms. The number of hydrogen-bond acceptors (Lipinski definition) is 2. The molecule has 0 spiro atoms. The quantitative estimate of drug-likeness (QED) is 0.217. The lowest BCUT2D eigenvalue weighted by Crippen LogP contribution is -2.33.